The van der Waals surface area contributed by atoms with Gasteiger partial charge in [-0.15, -0.1) is 0 Å². The number of rotatable bonds is 6. The van der Waals surface area contributed by atoms with Crippen molar-refractivity contribution in [3.05, 3.63) is 46.6 Å². The molecule has 228 valence electrons. The number of aromatic nitrogens is 2. The Balaban J connectivity index is 1.45. The summed E-state index contributed by atoms with van der Waals surface area (Å²) in [6, 6.07) is 4.49. The average Bonchev–Trinajstić information content (AvgIpc) is 3.59. The first kappa shape index (κ1) is 29.2. The molecule has 1 saturated carbocycles. The van der Waals surface area contributed by atoms with Crippen molar-refractivity contribution in [1.29, 1.82) is 5.26 Å². The van der Waals surface area contributed by atoms with E-state index in [1.165, 1.54) is 15.9 Å². The third-order valence-electron chi connectivity index (χ3n) is 8.99. The summed E-state index contributed by atoms with van der Waals surface area (Å²) in [6.07, 6.45) is -0.573. The van der Waals surface area contributed by atoms with Crippen LogP contribution in [0.2, 0.25) is 0 Å². The molecule has 0 bridgehead atoms. The quantitative estimate of drug-likeness (QED) is 0.536. The largest absolute Gasteiger partial charge is 0.416 e. The van der Waals surface area contributed by atoms with E-state index in [-0.39, 0.29) is 35.7 Å². The van der Waals surface area contributed by atoms with E-state index in [1.54, 1.807) is 11.6 Å². The molecule has 0 unspecified atom stereocenters. The number of carbonyl (C=O) groups is 3. The maximum absolute atomic E-state index is 14.2. The van der Waals surface area contributed by atoms with Crippen LogP contribution >= 0.6 is 0 Å². The van der Waals surface area contributed by atoms with E-state index < -0.39 is 41.6 Å². The second kappa shape index (κ2) is 11.3. The third-order valence-corrected chi connectivity index (χ3v) is 8.99. The Morgan fingerprint density at radius 2 is 1.91 bits per heavy atom. The Bertz CT molecular complexity index is 1470. The van der Waals surface area contributed by atoms with Gasteiger partial charge < -0.3 is 15.0 Å². The standard InChI is InChI=1S/C30H33F3N6O4/c1-2-37-27-23(25(29(42)38-12-4-7-21(38)16-34)36-39(27)20-10-13-43-14-11-20)22(17-8-9-17)24(28(37)41)35-26(40)18-5-3-6-19(15-18)30(31,32)33/h3,5-6,15,17,20-22,24H,2,4,7-14H2,1H3,(H,35,40)/t21-,22-,24-/m0/s1. The normalized spacial score (nSPS) is 24.5. The molecule has 13 heteroatoms. The number of amides is 3. The lowest BCUT2D eigenvalue weighted by atomic mass is 9.82. The Hall–Kier alpha value is -3.92. The van der Waals surface area contributed by atoms with Crippen LogP contribution in [0.25, 0.3) is 0 Å². The molecule has 2 saturated heterocycles. The van der Waals surface area contributed by atoms with Crippen molar-refractivity contribution in [2.45, 2.75) is 75.7 Å². The second-order valence-corrected chi connectivity index (χ2v) is 11.6. The van der Waals surface area contributed by atoms with Crippen LogP contribution in [0, 0.1) is 17.2 Å². The Labute approximate surface area is 246 Å². The van der Waals surface area contributed by atoms with Gasteiger partial charge in [0.25, 0.3) is 17.7 Å². The van der Waals surface area contributed by atoms with Crippen LogP contribution in [0.1, 0.15) is 89.4 Å². The fraction of sp³-hybridized carbons (Fsp3) is 0.567. The molecule has 1 aromatic heterocycles. The molecule has 1 aromatic carbocycles. The number of nitrogens with zero attached hydrogens (tertiary/aromatic N) is 5. The highest BCUT2D eigenvalue weighted by atomic mass is 19.4. The second-order valence-electron chi connectivity index (χ2n) is 11.6. The molecule has 3 aliphatic heterocycles. The van der Waals surface area contributed by atoms with E-state index in [1.807, 2.05) is 0 Å². The fourth-order valence-electron chi connectivity index (χ4n) is 6.71. The van der Waals surface area contributed by atoms with Crippen molar-refractivity contribution in [3.63, 3.8) is 0 Å². The zero-order valence-electron chi connectivity index (χ0n) is 23.8. The lowest BCUT2D eigenvalue weighted by Gasteiger charge is -2.39. The van der Waals surface area contributed by atoms with Crippen LogP contribution in [0.3, 0.4) is 0 Å². The van der Waals surface area contributed by atoms with Gasteiger partial charge in [-0.05, 0) is 69.6 Å². The number of benzene rings is 1. The lowest BCUT2D eigenvalue weighted by molar-refractivity contribution is -0.137. The van der Waals surface area contributed by atoms with Crippen LogP contribution in [0.4, 0.5) is 19.0 Å². The minimum absolute atomic E-state index is 0.0299. The number of alkyl halides is 3. The minimum atomic E-state index is -4.63. The van der Waals surface area contributed by atoms with Crippen LogP contribution in [-0.2, 0) is 15.7 Å². The molecule has 3 atom stereocenters. The smallest absolute Gasteiger partial charge is 0.381 e. The highest BCUT2D eigenvalue weighted by Crippen LogP contribution is 2.52. The number of hydrogen-bond acceptors (Lipinski definition) is 6. The molecule has 3 fully saturated rings. The summed E-state index contributed by atoms with van der Waals surface area (Å²) >= 11 is 0. The van der Waals surface area contributed by atoms with E-state index in [0.29, 0.717) is 56.8 Å². The van der Waals surface area contributed by atoms with Gasteiger partial charge in [0.2, 0.25) is 0 Å². The summed E-state index contributed by atoms with van der Waals surface area (Å²) in [7, 11) is 0. The highest BCUT2D eigenvalue weighted by molar-refractivity contribution is 6.07. The van der Waals surface area contributed by atoms with Crippen LogP contribution < -0.4 is 10.2 Å². The molecule has 43 heavy (non-hydrogen) atoms. The molecule has 0 spiro atoms. The Morgan fingerprint density at radius 1 is 1.16 bits per heavy atom. The van der Waals surface area contributed by atoms with Gasteiger partial charge in [0.15, 0.2) is 5.69 Å². The molecule has 2 aromatic rings. The zero-order chi connectivity index (χ0) is 30.5. The van der Waals surface area contributed by atoms with Crippen molar-refractivity contribution in [2.75, 3.05) is 31.2 Å². The lowest BCUT2D eigenvalue weighted by Crippen LogP contribution is -2.56. The van der Waals surface area contributed by atoms with Crippen LogP contribution in [-0.4, -0.2) is 70.8 Å². The third kappa shape index (κ3) is 5.26. The zero-order valence-corrected chi connectivity index (χ0v) is 23.8. The highest BCUT2D eigenvalue weighted by Gasteiger charge is 2.52. The maximum Gasteiger partial charge on any atom is 0.416 e. The number of carbonyl (C=O) groups excluding carboxylic acids is 3. The van der Waals surface area contributed by atoms with Crippen LogP contribution in [0.15, 0.2) is 24.3 Å². The molecule has 0 radical (unpaired) electrons. The molecule has 10 nitrogen and oxygen atoms in total. The Morgan fingerprint density at radius 3 is 2.56 bits per heavy atom. The number of anilines is 1. The first-order chi connectivity index (χ1) is 20.6. The van der Waals surface area contributed by atoms with E-state index in [0.717, 1.165) is 31.0 Å². The number of nitriles is 1. The number of fused-ring (bicyclic) bond motifs is 1. The molecule has 6 rings (SSSR count). The summed E-state index contributed by atoms with van der Waals surface area (Å²) in [5, 5.41) is 17.3. The van der Waals surface area contributed by atoms with E-state index in [9.17, 15) is 32.8 Å². The summed E-state index contributed by atoms with van der Waals surface area (Å²) in [6.45, 7) is 3.45. The summed E-state index contributed by atoms with van der Waals surface area (Å²) in [4.78, 5) is 44.7. The van der Waals surface area contributed by atoms with Gasteiger partial charge in [0.05, 0.1) is 17.7 Å². The first-order valence-corrected chi connectivity index (χ1v) is 14.8. The van der Waals surface area contributed by atoms with Crippen molar-refractivity contribution >= 4 is 23.5 Å². The summed E-state index contributed by atoms with van der Waals surface area (Å²) in [5.74, 6) is -1.69. The number of likely N-dealkylation sites (N-methyl/N-ethyl adjacent to an activating group) is 1. The molecular weight excluding hydrogens is 565 g/mol. The van der Waals surface area contributed by atoms with E-state index in [4.69, 9.17) is 9.84 Å². The fourth-order valence-corrected chi connectivity index (χ4v) is 6.71. The predicted octanol–water partition coefficient (Wildman–Crippen LogP) is 4.04. The van der Waals surface area contributed by atoms with Crippen molar-refractivity contribution < 1.29 is 32.3 Å². The van der Waals surface area contributed by atoms with Gasteiger partial charge in [0, 0.05) is 43.3 Å². The predicted molar refractivity (Wildman–Crippen MR) is 147 cm³/mol. The molecule has 4 heterocycles. The van der Waals surface area contributed by atoms with Crippen molar-refractivity contribution in [2.24, 2.45) is 5.92 Å². The topological polar surface area (TPSA) is 121 Å². The van der Waals surface area contributed by atoms with Crippen LogP contribution in [0.5, 0.6) is 0 Å². The van der Waals surface area contributed by atoms with Gasteiger partial charge in [-0.25, -0.2) is 4.68 Å². The monoisotopic (exact) mass is 598 g/mol. The number of hydrogen-bond donors (Lipinski definition) is 1. The van der Waals surface area contributed by atoms with Crippen molar-refractivity contribution in [1.82, 2.24) is 20.0 Å². The van der Waals surface area contributed by atoms with Crippen molar-refractivity contribution in [3.8, 4) is 6.07 Å². The van der Waals surface area contributed by atoms with Gasteiger partial charge in [-0.2, -0.15) is 23.5 Å². The number of likely N-dealkylation sites (tertiary alicyclic amines) is 1. The molecule has 1 aliphatic carbocycles. The maximum atomic E-state index is 14.2. The molecule has 1 N–H and O–H groups in total. The van der Waals surface area contributed by atoms with E-state index >= 15 is 0 Å². The molecular formula is C30H33F3N6O4. The minimum Gasteiger partial charge on any atom is -0.381 e. The SMILES string of the molecule is CCN1C(=O)[C@@H](NC(=O)c2cccc(C(F)(F)F)c2)[C@@H](C2CC2)c2c(C(=O)N3CCC[C@H]3C#N)nn(C3CCOCC3)c21. The molecule has 4 aliphatic rings. The van der Waals surface area contributed by atoms with Gasteiger partial charge in [-0.3, -0.25) is 19.3 Å². The van der Waals surface area contributed by atoms with Gasteiger partial charge in [0.1, 0.15) is 17.9 Å². The Kier molecular flexibility index (Phi) is 7.66. The number of nitrogens with one attached hydrogen (secondary N) is 1. The van der Waals surface area contributed by atoms with Gasteiger partial charge >= 0.3 is 6.18 Å². The summed E-state index contributed by atoms with van der Waals surface area (Å²) < 4.78 is 47.5. The number of ether oxygens (including phenoxy) is 1. The first-order valence-electron chi connectivity index (χ1n) is 14.8. The molecule has 3 amide bonds. The van der Waals surface area contributed by atoms with E-state index in [2.05, 4.69) is 11.4 Å². The number of halogens is 3. The average molecular weight is 599 g/mol. The van der Waals surface area contributed by atoms with Gasteiger partial charge in [-0.1, -0.05) is 6.07 Å². The summed E-state index contributed by atoms with van der Waals surface area (Å²) in [5.41, 5.74) is -0.438.